The van der Waals surface area contributed by atoms with Gasteiger partial charge < -0.3 is 9.84 Å². The Labute approximate surface area is 101 Å². The number of hydrogen-bond donors (Lipinski definition) is 1. The van der Waals surface area contributed by atoms with Gasteiger partial charge in [0.25, 0.3) is 12.1 Å². The van der Waals surface area contributed by atoms with Gasteiger partial charge in [0.1, 0.15) is 6.20 Å². The van der Waals surface area contributed by atoms with Gasteiger partial charge in [-0.3, -0.25) is 10.1 Å². The molecule has 0 aliphatic heterocycles. The van der Waals surface area contributed by atoms with Gasteiger partial charge in [-0.1, -0.05) is 0 Å². The number of aliphatic hydroxyl groups is 1. The molecule has 1 N–H and O–H groups in total. The summed E-state index contributed by atoms with van der Waals surface area (Å²) in [7, 11) is 0. The Hall–Kier alpha value is -2.04. The predicted molar refractivity (Wildman–Crippen MR) is 48.5 cm³/mol. The highest BCUT2D eigenvalue weighted by Crippen LogP contribution is 2.37. The Morgan fingerprint density at radius 1 is 1.47 bits per heavy atom. The molecule has 6 nitrogen and oxygen atoms in total. The minimum Gasteiger partial charge on any atom is -0.391 e. The lowest BCUT2D eigenvalue weighted by molar-refractivity contribution is -0.386. The monoisotopic (exact) mass is 288 g/mol. The Morgan fingerprint density at radius 2 is 2.05 bits per heavy atom. The molecule has 1 aromatic heterocycles. The second-order valence-corrected chi connectivity index (χ2v) is 3.10. The van der Waals surface area contributed by atoms with Gasteiger partial charge in [0.2, 0.25) is 5.88 Å². The topological polar surface area (TPSA) is 85.5 Å². The van der Waals surface area contributed by atoms with E-state index in [9.17, 15) is 32.1 Å². The van der Waals surface area contributed by atoms with Crippen LogP contribution in [-0.4, -0.2) is 21.4 Å². The molecule has 0 radical (unpaired) electrons. The number of alkyl halides is 5. The first-order chi connectivity index (χ1) is 8.67. The average Bonchev–Trinajstić information content (AvgIpc) is 2.25. The number of aromatic nitrogens is 1. The summed E-state index contributed by atoms with van der Waals surface area (Å²) in [4.78, 5) is 12.2. The molecule has 0 unspecified atom stereocenters. The molecule has 0 saturated carbocycles. The Kier molecular flexibility index (Phi) is 4.19. The molecule has 11 heteroatoms. The summed E-state index contributed by atoms with van der Waals surface area (Å²) in [6.45, 7) is -1.26. The molecule has 0 aliphatic rings. The van der Waals surface area contributed by atoms with Crippen LogP contribution < -0.4 is 4.74 Å². The summed E-state index contributed by atoms with van der Waals surface area (Å²) < 4.78 is 64.5. The van der Waals surface area contributed by atoms with Crippen LogP contribution in [0, 0.1) is 10.1 Å². The zero-order valence-electron chi connectivity index (χ0n) is 8.82. The summed E-state index contributed by atoms with van der Waals surface area (Å²) >= 11 is 0. The van der Waals surface area contributed by atoms with Crippen LogP contribution in [0.1, 0.15) is 17.6 Å². The molecule has 0 spiro atoms. The van der Waals surface area contributed by atoms with Crippen LogP contribution in [-0.2, 0) is 6.61 Å². The minimum atomic E-state index is -5.29. The molecule has 0 aromatic carbocycles. The van der Waals surface area contributed by atoms with Gasteiger partial charge in [-0.2, -0.15) is 0 Å². The van der Waals surface area contributed by atoms with Crippen molar-refractivity contribution in [2.45, 2.75) is 19.4 Å². The quantitative estimate of drug-likeness (QED) is 0.522. The third kappa shape index (κ3) is 3.47. The van der Waals surface area contributed by atoms with E-state index in [0.717, 1.165) is 0 Å². The lowest BCUT2D eigenvalue weighted by Gasteiger charge is -2.14. The van der Waals surface area contributed by atoms with Crippen molar-refractivity contribution in [3.05, 3.63) is 27.4 Å². The smallest absolute Gasteiger partial charge is 0.391 e. The number of aliphatic hydroxyl groups excluding tert-OH is 1. The summed E-state index contributed by atoms with van der Waals surface area (Å²) in [6.07, 6.45) is -8.52. The third-order valence-electron chi connectivity index (χ3n) is 1.95. The highest BCUT2D eigenvalue weighted by atomic mass is 19.4. The Morgan fingerprint density at radius 3 is 2.42 bits per heavy atom. The molecule has 1 aromatic rings. The molecule has 0 aliphatic carbocycles. The van der Waals surface area contributed by atoms with E-state index in [4.69, 9.17) is 5.11 Å². The Bertz CT molecular complexity index is 491. The molecule has 106 valence electrons. The van der Waals surface area contributed by atoms with Gasteiger partial charge in [0.15, 0.2) is 0 Å². The molecular weight excluding hydrogens is 283 g/mol. The van der Waals surface area contributed by atoms with Gasteiger partial charge in [0, 0.05) is 0 Å². The van der Waals surface area contributed by atoms with Crippen molar-refractivity contribution in [1.82, 2.24) is 4.98 Å². The van der Waals surface area contributed by atoms with Crippen LogP contribution in [0.15, 0.2) is 6.20 Å². The van der Waals surface area contributed by atoms with E-state index in [1.807, 2.05) is 0 Å². The Balaban J connectivity index is 3.46. The number of nitrogens with zero attached hydrogens (tertiary/aromatic N) is 2. The SMILES string of the molecule is O=[N+]([O-])c1cnc(OC(F)(F)F)c(C(F)F)c1CO. The van der Waals surface area contributed by atoms with Gasteiger partial charge in [0.05, 0.1) is 22.7 Å². The molecule has 1 heterocycles. The van der Waals surface area contributed by atoms with E-state index in [-0.39, 0.29) is 0 Å². The molecule has 0 bridgehead atoms. The maximum absolute atomic E-state index is 12.7. The van der Waals surface area contributed by atoms with Crippen molar-refractivity contribution in [2.75, 3.05) is 0 Å². The maximum atomic E-state index is 12.7. The molecular formula is C8H5F5N2O4. The molecule has 0 fully saturated rings. The lowest BCUT2D eigenvalue weighted by Crippen LogP contribution is -2.20. The van der Waals surface area contributed by atoms with Crippen LogP contribution in [0.3, 0.4) is 0 Å². The zero-order chi connectivity index (χ0) is 14.8. The van der Waals surface area contributed by atoms with Crippen LogP contribution in [0.4, 0.5) is 27.6 Å². The highest BCUT2D eigenvalue weighted by molar-refractivity contribution is 5.48. The first-order valence-electron chi connectivity index (χ1n) is 4.48. The van der Waals surface area contributed by atoms with Crippen molar-refractivity contribution in [1.29, 1.82) is 0 Å². The van der Waals surface area contributed by atoms with E-state index >= 15 is 0 Å². The number of nitro groups is 1. The van der Waals surface area contributed by atoms with Crippen molar-refractivity contribution in [3.63, 3.8) is 0 Å². The number of hydrogen-bond acceptors (Lipinski definition) is 5. The van der Waals surface area contributed by atoms with Crippen molar-refractivity contribution >= 4 is 5.69 Å². The van der Waals surface area contributed by atoms with Gasteiger partial charge in [-0.05, 0) is 0 Å². The van der Waals surface area contributed by atoms with Gasteiger partial charge >= 0.3 is 6.36 Å². The summed E-state index contributed by atoms with van der Waals surface area (Å²) in [5, 5.41) is 19.3. The second-order valence-electron chi connectivity index (χ2n) is 3.10. The summed E-state index contributed by atoms with van der Waals surface area (Å²) in [6, 6.07) is 0. The van der Waals surface area contributed by atoms with E-state index in [0.29, 0.717) is 6.20 Å². The lowest BCUT2D eigenvalue weighted by atomic mass is 10.1. The molecule has 1 rings (SSSR count). The van der Waals surface area contributed by atoms with E-state index in [1.165, 1.54) is 0 Å². The molecule has 19 heavy (non-hydrogen) atoms. The normalized spacial score (nSPS) is 11.7. The van der Waals surface area contributed by atoms with Crippen LogP contribution in [0.5, 0.6) is 5.88 Å². The molecule has 0 saturated heterocycles. The maximum Gasteiger partial charge on any atom is 0.574 e. The largest absolute Gasteiger partial charge is 0.574 e. The molecule has 0 atom stereocenters. The van der Waals surface area contributed by atoms with Crippen molar-refractivity contribution in [2.24, 2.45) is 0 Å². The predicted octanol–water partition coefficient (Wildman–Crippen LogP) is 2.32. The summed E-state index contributed by atoms with van der Waals surface area (Å²) in [5.74, 6) is -1.53. The highest BCUT2D eigenvalue weighted by Gasteiger charge is 2.36. The van der Waals surface area contributed by atoms with Crippen LogP contribution in [0.2, 0.25) is 0 Å². The zero-order valence-corrected chi connectivity index (χ0v) is 8.82. The second kappa shape index (κ2) is 5.30. The fraction of sp³-hybridized carbons (Fsp3) is 0.375. The van der Waals surface area contributed by atoms with Crippen LogP contribution in [0.25, 0.3) is 0 Å². The minimum absolute atomic E-state index is 0.304. The van der Waals surface area contributed by atoms with E-state index in [2.05, 4.69) is 9.72 Å². The van der Waals surface area contributed by atoms with Gasteiger partial charge in [-0.25, -0.2) is 13.8 Å². The number of pyridine rings is 1. The van der Waals surface area contributed by atoms with Crippen LogP contribution >= 0.6 is 0 Å². The van der Waals surface area contributed by atoms with Crippen molar-refractivity contribution < 1.29 is 36.7 Å². The first kappa shape index (κ1) is 15.0. The van der Waals surface area contributed by atoms with E-state index in [1.54, 1.807) is 0 Å². The first-order valence-corrected chi connectivity index (χ1v) is 4.48. The fourth-order valence-corrected chi connectivity index (χ4v) is 1.27. The fourth-order valence-electron chi connectivity index (χ4n) is 1.27. The number of halogens is 5. The average molecular weight is 288 g/mol. The van der Waals surface area contributed by atoms with Gasteiger partial charge in [-0.15, -0.1) is 13.2 Å². The number of ether oxygens (including phenoxy) is 1. The summed E-state index contributed by atoms with van der Waals surface area (Å²) in [5.41, 5.74) is -3.46. The standard InChI is InChI=1S/C8H5F5N2O4/c9-6(10)5-3(2-16)4(15(17)18)1-14-7(5)19-8(11,12)13/h1,6,16H,2H2. The molecule has 0 amide bonds. The van der Waals surface area contributed by atoms with E-state index < -0.39 is 47.0 Å². The third-order valence-corrected chi connectivity index (χ3v) is 1.95. The number of rotatable bonds is 4. The van der Waals surface area contributed by atoms with Crippen molar-refractivity contribution in [3.8, 4) is 5.88 Å².